The largest absolute Gasteiger partial charge is 0.357 e. The van der Waals surface area contributed by atoms with Gasteiger partial charge in [-0.2, -0.15) is 0 Å². The second-order valence-electron chi connectivity index (χ2n) is 7.59. The number of hydrogen-bond donors (Lipinski definition) is 4. The number of aromatic amines is 1. The van der Waals surface area contributed by atoms with Gasteiger partial charge in [-0.25, -0.2) is 4.79 Å². The van der Waals surface area contributed by atoms with Crippen LogP contribution in [0, 0.1) is 0 Å². The molecule has 31 heavy (non-hydrogen) atoms. The molecule has 4 N–H and O–H groups in total. The molecule has 3 aromatic rings. The van der Waals surface area contributed by atoms with Crippen LogP contribution in [0.3, 0.4) is 0 Å². The van der Waals surface area contributed by atoms with E-state index < -0.39 is 0 Å². The number of nitrogens with zero attached hydrogens (tertiary/aromatic N) is 1. The van der Waals surface area contributed by atoms with Crippen molar-refractivity contribution in [3.63, 3.8) is 0 Å². The molecule has 2 aromatic carbocycles. The lowest BCUT2D eigenvalue weighted by Crippen LogP contribution is -2.43. The molecule has 0 radical (unpaired) electrons. The van der Waals surface area contributed by atoms with Crippen molar-refractivity contribution in [2.75, 3.05) is 23.7 Å². The summed E-state index contributed by atoms with van der Waals surface area (Å²) in [5.41, 5.74) is 4.64. The molecular weight excluding hydrogens is 394 g/mol. The molecule has 0 saturated carbocycles. The Morgan fingerprint density at radius 2 is 1.81 bits per heavy atom. The highest BCUT2D eigenvalue weighted by Crippen LogP contribution is 2.27. The first-order valence-corrected chi connectivity index (χ1v) is 10.3. The minimum Gasteiger partial charge on any atom is -0.357 e. The van der Waals surface area contributed by atoms with E-state index in [1.165, 1.54) is 17.9 Å². The van der Waals surface area contributed by atoms with Crippen LogP contribution in [-0.2, 0) is 22.6 Å². The Morgan fingerprint density at radius 1 is 1.03 bits per heavy atom. The van der Waals surface area contributed by atoms with Crippen molar-refractivity contribution in [2.24, 2.45) is 0 Å². The maximum absolute atomic E-state index is 12.5. The third kappa shape index (κ3) is 4.85. The summed E-state index contributed by atoms with van der Waals surface area (Å²) >= 11 is 0. The predicted molar refractivity (Wildman–Crippen MR) is 120 cm³/mol. The molecule has 0 spiro atoms. The van der Waals surface area contributed by atoms with Gasteiger partial charge in [0.1, 0.15) is 0 Å². The molecule has 0 atom stereocenters. The minimum atomic E-state index is -0.211. The molecule has 1 aliphatic rings. The fourth-order valence-electron chi connectivity index (χ4n) is 3.86. The van der Waals surface area contributed by atoms with E-state index in [4.69, 9.17) is 0 Å². The Bertz CT molecular complexity index is 1140. The molecule has 1 aliphatic heterocycles. The van der Waals surface area contributed by atoms with Gasteiger partial charge in [0.25, 0.3) is 0 Å². The van der Waals surface area contributed by atoms with Gasteiger partial charge >= 0.3 is 6.03 Å². The molecule has 1 aromatic heterocycles. The van der Waals surface area contributed by atoms with Gasteiger partial charge in [-0.1, -0.05) is 24.3 Å². The Kier molecular flexibility index (Phi) is 5.88. The van der Waals surface area contributed by atoms with Gasteiger partial charge in [-0.3, -0.25) is 9.59 Å². The second kappa shape index (κ2) is 8.91. The molecule has 0 saturated heterocycles. The van der Waals surface area contributed by atoms with Gasteiger partial charge in [0.05, 0.1) is 6.54 Å². The van der Waals surface area contributed by atoms with Crippen molar-refractivity contribution < 1.29 is 14.4 Å². The Hall–Kier alpha value is -3.81. The zero-order chi connectivity index (χ0) is 21.8. The van der Waals surface area contributed by atoms with Gasteiger partial charge in [0.2, 0.25) is 11.8 Å². The quantitative estimate of drug-likeness (QED) is 0.510. The Morgan fingerprint density at radius 3 is 2.61 bits per heavy atom. The first kappa shape index (κ1) is 20.5. The molecule has 4 amide bonds. The Balaban J connectivity index is 1.26. The molecule has 160 valence electrons. The summed E-state index contributed by atoms with van der Waals surface area (Å²) in [7, 11) is 0. The van der Waals surface area contributed by atoms with Crippen LogP contribution in [-0.4, -0.2) is 40.8 Å². The summed E-state index contributed by atoms with van der Waals surface area (Å²) in [5.74, 6) is -0.389. The fourth-order valence-corrected chi connectivity index (χ4v) is 3.86. The maximum Gasteiger partial charge on any atom is 0.317 e. The predicted octanol–water partition coefficient (Wildman–Crippen LogP) is 3.22. The zero-order valence-corrected chi connectivity index (χ0v) is 17.3. The monoisotopic (exact) mass is 419 g/mol. The van der Waals surface area contributed by atoms with Crippen LogP contribution in [0.15, 0.2) is 48.5 Å². The summed E-state index contributed by atoms with van der Waals surface area (Å²) in [6.45, 7) is 2.84. The van der Waals surface area contributed by atoms with E-state index >= 15 is 0 Å². The highest BCUT2D eigenvalue weighted by molar-refractivity contribution is 5.93. The second-order valence-corrected chi connectivity index (χ2v) is 7.59. The van der Waals surface area contributed by atoms with E-state index in [1.807, 2.05) is 18.2 Å². The molecule has 2 heterocycles. The van der Waals surface area contributed by atoms with Crippen LogP contribution < -0.4 is 16.0 Å². The number of anilines is 2. The number of para-hydroxylation sites is 1. The van der Waals surface area contributed by atoms with E-state index in [-0.39, 0.29) is 30.8 Å². The summed E-state index contributed by atoms with van der Waals surface area (Å²) in [6, 6.07) is 14.9. The number of nitrogens with one attached hydrogen (secondary N) is 4. The number of fused-ring (bicyclic) bond motifs is 3. The van der Waals surface area contributed by atoms with Crippen LogP contribution in [0.4, 0.5) is 16.2 Å². The first-order chi connectivity index (χ1) is 15.0. The number of urea groups is 1. The number of amides is 4. The standard InChI is InChI=1S/C23H25N5O3/c1-15(29)25-16-5-4-6-17(13-16)26-22(30)9-11-24-23(31)28-12-10-19-18-7-2-3-8-20(18)27-21(19)14-28/h2-8,13,27H,9-12,14H2,1H3,(H,24,31)(H,25,29)(H,26,30). The molecular formula is C23H25N5O3. The molecule has 0 fully saturated rings. The zero-order valence-electron chi connectivity index (χ0n) is 17.3. The topological polar surface area (TPSA) is 106 Å². The van der Waals surface area contributed by atoms with Crippen molar-refractivity contribution in [3.8, 4) is 0 Å². The molecule has 8 nitrogen and oxygen atoms in total. The molecule has 0 aliphatic carbocycles. The highest BCUT2D eigenvalue weighted by Gasteiger charge is 2.23. The summed E-state index contributed by atoms with van der Waals surface area (Å²) < 4.78 is 0. The number of hydrogen-bond acceptors (Lipinski definition) is 3. The van der Waals surface area contributed by atoms with Crippen LogP contribution in [0.25, 0.3) is 10.9 Å². The Labute approximate surface area is 180 Å². The lowest BCUT2D eigenvalue weighted by molar-refractivity contribution is -0.116. The lowest BCUT2D eigenvalue weighted by Gasteiger charge is -2.27. The molecule has 8 heteroatoms. The van der Waals surface area contributed by atoms with Crippen LogP contribution >= 0.6 is 0 Å². The van der Waals surface area contributed by atoms with E-state index in [0.717, 1.165) is 17.6 Å². The van der Waals surface area contributed by atoms with Crippen molar-refractivity contribution in [1.29, 1.82) is 0 Å². The lowest BCUT2D eigenvalue weighted by atomic mass is 10.0. The van der Waals surface area contributed by atoms with Gasteiger partial charge in [-0.15, -0.1) is 0 Å². The van der Waals surface area contributed by atoms with Crippen molar-refractivity contribution in [3.05, 3.63) is 59.8 Å². The summed E-state index contributed by atoms with van der Waals surface area (Å²) in [5, 5.41) is 9.50. The van der Waals surface area contributed by atoms with Crippen LogP contribution in [0.5, 0.6) is 0 Å². The number of carbonyl (C=O) groups excluding carboxylic acids is 3. The number of rotatable bonds is 5. The number of aromatic nitrogens is 1. The summed E-state index contributed by atoms with van der Waals surface area (Å²) in [4.78, 5) is 41.1. The van der Waals surface area contributed by atoms with Gasteiger partial charge in [-0.05, 0) is 36.2 Å². The van der Waals surface area contributed by atoms with Crippen molar-refractivity contribution in [1.82, 2.24) is 15.2 Å². The maximum atomic E-state index is 12.5. The first-order valence-electron chi connectivity index (χ1n) is 10.3. The normalized spacial score (nSPS) is 12.9. The molecule has 0 unspecified atom stereocenters. The SMILES string of the molecule is CC(=O)Nc1cccc(NC(=O)CCNC(=O)N2CCc3c([nH]c4ccccc34)C2)c1. The van der Waals surface area contributed by atoms with Crippen molar-refractivity contribution >= 4 is 40.1 Å². The van der Waals surface area contributed by atoms with Crippen LogP contribution in [0.1, 0.15) is 24.6 Å². The minimum absolute atomic E-state index is 0.154. The average Bonchev–Trinajstić information content (AvgIpc) is 3.11. The number of benzene rings is 2. The van der Waals surface area contributed by atoms with Gasteiger partial charge < -0.3 is 25.8 Å². The molecule has 4 rings (SSSR count). The van der Waals surface area contributed by atoms with E-state index in [1.54, 1.807) is 29.2 Å². The van der Waals surface area contributed by atoms with Gasteiger partial charge in [0.15, 0.2) is 0 Å². The van der Waals surface area contributed by atoms with E-state index in [0.29, 0.717) is 24.5 Å². The third-order valence-electron chi connectivity index (χ3n) is 5.26. The number of H-pyrrole nitrogens is 1. The smallest absolute Gasteiger partial charge is 0.317 e. The van der Waals surface area contributed by atoms with E-state index in [2.05, 4.69) is 27.0 Å². The fraction of sp³-hybridized carbons (Fsp3) is 0.261. The number of carbonyl (C=O) groups is 3. The van der Waals surface area contributed by atoms with E-state index in [9.17, 15) is 14.4 Å². The van der Waals surface area contributed by atoms with Gasteiger partial charge in [0, 0.05) is 54.4 Å². The summed E-state index contributed by atoms with van der Waals surface area (Å²) in [6.07, 6.45) is 0.958. The van der Waals surface area contributed by atoms with Crippen molar-refractivity contribution in [2.45, 2.75) is 26.3 Å². The van der Waals surface area contributed by atoms with Crippen LogP contribution in [0.2, 0.25) is 0 Å². The third-order valence-corrected chi connectivity index (χ3v) is 5.26. The molecule has 0 bridgehead atoms. The average molecular weight is 419 g/mol. The highest BCUT2D eigenvalue weighted by atomic mass is 16.2.